The van der Waals surface area contributed by atoms with Crippen molar-refractivity contribution in [1.82, 2.24) is 0 Å². The minimum atomic E-state index is -0.324. The van der Waals surface area contributed by atoms with Crippen molar-refractivity contribution in [2.45, 2.75) is 26.4 Å². The second-order valence-electron chi connectivity index (χ2n) is 6.44. The number of hydrogen-bond donors (Lipinski definition) is 1. The lowest BCUT2D eigenvalue weighted by atomic mass is 9.96. The molecule has 1 aliphatic heterocycles. The van der Waals surface area contributed by atoms with Crippen LogP contribution < -0.4 is 4.90 Å². The molecule has 0 fully saturated rings. The number of amides is 1. The Labute approximate surface area is 158 Å². The Hall–Kier alpha value is -2.99. The van der Waals surface area contributed by atoms with Gasteiger partial charge in [0.15, 0.2) is 0 Å². The number of carbonyl (C=O) groups excluding carboxylic acids is 2. The maximum absolute atomic E-state index is 12.3. The van der Waals surface area contributed by atoms with Crippen molar-refractivity contribution < 1.29 is 19.5 Å². The van der Waals surface area contributed by atoms with Crippen LogP contribution in [0.2, 0.25) is 0 Å². The minimum absolute atomic E-state index is 0.0352. The van der Waals surface area contributed by atoms with Crippen molar-refractivity contribution in [2.24, 2.45) is 5.16 Å². The molecule has 0 atom stereocenters. The van der Waals surface area contributed by atoms with Gasteiger partial charge in [-0.1, -0.05) is 35.5 Å². The molecule has 0 radical (unpaired) electrons. The second kappa shape index (κ2) is 8.60. The predicted molar refractivity (Wildman–Crippen MR) is 102 cm³/mol. The minimum Gasteiger partial charge on any atom is -0.411 e. The maximum atomic E-state index is 12.3. The number of carbonyl (C=O) groups is 2. The summed E-state index contributed by atoms with van der Waals surface area (Å²) in [6.07, 6.45) is 0.988. The average molecular weight is 366 g/mol. The van der Waals surface area contributed by atoms with E-state index in [1.807, 2.05) is 30.3 Å². The zero-order valence-corrected chi connectivity index (χ0v) is 15.2. The lowest BCUT2D eigenvalue weighted by Crippen LogP contribution is -2.37. The number of fused-ring (bicyclic) bond motifs is 1. The fourth-order valence-electron chi connectivity index (χ4n) is 3.12. The van der Waals surface area contributed by atoms with Crippen molar-refractivity contribution in [1.29, 1.82) is 0 Å². The SMILES string of the molecule is CC(=NO)C(=O)c1ccc2c(c1)CCC(=O)N2CCOCc1ccccc1. The Kier molecular flexibility index (Phi) is 5.98. The highest BCUT2D eigenvalue weighted by Gasteiger charge is 2.25. The third-order valence-corrected chi connectivity index (χ3v) is 4.59. The van der Waals surface area contributed by atoms with Crippen LogP contribution in [0.25, 0.3) is 0 Å². The van der Waals surface area contributed by atoms with Crippen molar-refractivity contribution in [3.63, 3.8) is 0 Å². The summed E-state index contributed by atoms with van der Waals surface area (Å²) in [7, 11) is 0. The van der Waals surface area contributed by atoms with Crippen LogP contribution in [0, 0.1) is 0 Å². The van der Waals surface area contributed by atoms with Gasteiger partial charge in [0.05, 0.1) is 13.2 Å². The number of benzene rings is 2. The van der Waals surface area contributed by atoms with E-state index in [1.54, 1.807) is 23.1 Å². The molecule has 140 valence electrons. The Morgan fingerprint density at radius 3 is 2.70 bits per heavy atom. The molecular weight excluding hydrogens is 344 g/mol. The van der Waals surface area contributed by atoms with Gasteiger partial charge in [-0.2, -0.15) is 0 Å². The van der Waals surface area contributed by atoms with Crippen molar-refractivity contribution in [3.8, 4) is 0 Å². The molecule has 0 aromatic heterocycles. The first-order chi connectivity index (χ1) is 13.1. The zero-order chi connectivity index (χ0) is 19.2. The Morgan fingerprint density at radius 1 is 1.19 bits per heavy atom. The van der Waals surface area contributed by atoms with Gasteiger partial charge in [0.2, 0.25) is 11.7 Å². The van der Waals surface area contributed by atoms with Gasteiger partial charge in [0.1, 0.15) is 5.71 Å². The van der Waals surface area contributed by atoms with Crippen LogP contribution in [-0.2, 0) is 22.6 Å². The lowest BCUT2D eigenvalue weighted by molar-refractivity contribution is -0.119. The number of ketones is 1. The Balaban J connectivity index is 1.67. The largest absolute Gasteiger partial charge is 0.411 e. The molecule has 0 bridgehead atoms. The van der Waals surface area contributed by atoms with Gasteiger partial charge in [-0.3, -0.25) is 9.59 Å². The summed E-state index contributed by atoms with van der Waals surface area (Å²) in [5, 5.41) is 11.7. The fourth-order valence-corrected chi connectivity index (χ4v) is 3.12. The van der Waals surface area contributed by atoms with Crippen LogP contribution in [0.5, 0.6) is 0 Å². The zero-order valence-electron chi connectivity index (χ0n) is 15.2. The molecule has 27 heavy (non-hydrogen) atoms. The number of aryl methyl sites for hydroxylation is 1. The highest BCUT2D eigenvalue weighted by molar-refractivity contribution is 6.45. The van der Waals surface area contributed by atoms with Gasteiger partial charge in [-0.15, -0.1) is 0 Å². The van der Waals surface area contributed by atoms with Crippen molar-refractivity contribution in [3.05, 3.63) is 65.2 Å². The number of hydrogen-bond acceptors (Lipinski definition) is 5. The highest BCUT2D eigenvalue weighted by atomic mass is 16.5. The Bertz CT molecular complexity index is 862. The molecule has 1 amide bonds. The summed E-state index contributed by atoms with van der Waals surface area (Å²) in [4.78, 5) is 26.2. The first-order valence-corrected chi connectivity index (χ1v) is 8.88. The third-order valence-electron chi connectivity index (χ3n) is 4.59. The molecule has 6 nitrogen and oxygen atoms in total. The van der Waals surface area contributed by atoms with Crippen LogP contribution in [0.15, 0.2) is 53.7 Å². The summed E-state index contributed by atoms with van der Waals surface area (Å²) in [6.45, 7) is 2.85. The van der Waals surface area contributed by atoms with Gasteiger partial charge >= 0.3 is 0 Å². The quantitative estimate of drug-likeness (QED) is 0.268. The monoisotopic (exact) mass is 366 g/mol. The number of nitrogens with zero attached hydrogens (tertiary/aromatic N) is 2. The summed E-state index contributed by atoms with van der Waals surface area (Å²) in [5.74, 6) is -0.270. The first-order valence-electron chi connectivity index (χ1n) is 8.88. The van der Waals surface area contributed by atoms with Crippen LogP contribution >= 0.6 is 0 Å². The van der Waals surface area contributed by atoms with Crippen LogP contribution in [-0.4, -0.2) is 35.8 Å². The molecule has 1 N–H and O–H groups in total. The topological polar surface area (TPSA) is 79.2 Å². The molecule has 1 heterocycles. The molecule has 2 aromatic carbocycles. The molecule has 2 aromatic rings. The van der Waals surface area contributed by atoms with E-state index in [0.717, 1.165) is 16.8 Å². The molecular formula is C21H22N2O4. The summed E-state index contributed by atoms with van der Waals surface area (Å²) in [6, 6.07) is 15.1. The number of rotatable bonds is 7. The second-order valence-corrected chi connectivity index (χ2v) is 6.44. The smallest absolute Gasteiger partial charge is 0.227 e. The maximum Gasteiger partial charge on any atom is 0.227 e. The standard InChI is InChI=1S/C21H22N2O4/c1-15(22-26)21(25)18-7-9-19-17(13-18)8-10-20(24)23(19)11-12-27-14-16-5-3-2-4-6-16/h2-7,9,13,26H,8,10-12,14H2,1H3. The molecule has 3 rings (SSSR count). The lowest BCUT2D eigenvalue weighted by Gasteiger charge is -2.29. The van der Waals surface area contributed by atoms with E-state index in [4.69, 9.17) is 9.94 Å². The van der Waals surface area contributed by atoms with Gasteiger partial charge < -0.3 is 14.8 Å². The number of anilines is 1. The molecule has 0 spiro atoms. The summed E-state index contributed by atoms with van der Waals surface area (Å²) >= 11 is 0. The van der Waals surface area contributed by atoms with Gasteiger partial charge in [0.25, 0.3) is 0 Å². The van der Waals surface area contributed by atoms with Gasteiger partial charge in [0, 0.05) is 24.2 Å². The van der Waals surface area contributed by atoms with E-state index >= 15 is 0 Å². The third kappa shape index (κ3) is 4.41. The number of Topliss-reactive ketones (excluding diaryl/α,β-unsaturated/α-hetero) is 1. The normalized spacial score (nSPS) is 14.2. The summed E-state index contributed by atoms with van der Waals surface area (Å²) in [5.41, 5.74) is 3.33. The van der Waals surface area contributed by atoms with Crippen LogP contribution in [0.4, 0.5) is 5.69 Å². The predicted octanol–water partition coefficient (Wildman–Crippen LogP) is 3.22. The fraction of sp³-hybridized carbons (Fsp3) is 0.286. The molecule has 0 saturated heterocycles. The molecule has 1 aliphatic rings. The summed E-state index contributed by atoms with van der Waals surface area (Å²) < 4.78 is 5.70. The van der Waals surface area contributed by atoms with E-state index in [9.17, 15) is 9.59 Å². The van der Waals surface area contributed by atoms with Crippen LogP contribution in [0.1, 0.15) is 34.8 Å². The van der Waals surface area contributed by atoms with E-state index in [-0.39, 0.29) is 17.4 Å². The average Bonchev–Trinajstić information content (AvgIpc) is 2.71. The molecule has 0 unspecified atom stereocenters. The van der Waals surface area contributed by atoms with Gasteiger partial charge in [-0.25, -0.2) is 0 Å². The highest BCUT2D eigenvalue weighted by Crippen LogP contribution is 2.29. The number of oxime groups is 1. The van der Waals surface area contributed by atoms with Gasteiger partial charge in [-0.05, 0) is 42.7 Å². The van der Waals surface area contributed by atoms with E-state index in [1.165, 1.54) is 6.92 Å². The van der Waals surface area contributed by atoms with E-state index < -0.39 is 0 Å². The first kappa shape index (κ1) is 18.8. The van der Waals surface area contributed by atoms with E-state index in [2.05, 4.69) is 5.16 Å². The Morgan fingerprint density at radius 2 is 1.96 bits per heavy atom. The van der Waals surface area contributed by atoms with E-state index in [0.29, 0.717) is 38.2 Å². The van der Waals surface area contributed by atoms with Crippen molar-refractivity contribution >= 4 is 23.1 Å². The molecule has 0 aliphatic carbocycles. The van der Waals surface area contributed by atoms with Crippen LogP contribution in [0.3, 0.4) is 0 Å². The molecule has 0 saturated carbocycles. The number of ether oxygens (including phenoxy) is 1. The molecule has 6 heteroatoms. The van der Waals surface area contributed by atoms with Crippen molar-refractivity contribution in [2.75, 3.05) is 18.1 Å².